The van der Waals surface area contributed by atoms with Gasteiger partial charge in [0.25, 0.3) is 0 Å². The molecule has 0 bridgehead atoms. The van der Waals surface area contributed by atoms with E-state index in [1.54, 1.807) is 0 Å². The van der Waals surface area contributed by atoms with E-state index in [-0.39, 0.29) is 6.10 Å². The van der Waals surface area contributed by atoms with Gasteiger partial charge in [0.1, 0.15) is 5.75 Å². The Bertz CT molecular complexity index is 939. The quantitative estimate of drug-likeness (QED) is 0.592. The molecule has 0 radical (unpaired) electrons. The van der Waals surface area contributed by atoms with Crippen molar-refractivity contribution in [3.63, 3.8) is 0 Å². The number of nitrogens with zero attached hydrogens (tertiary/aromatic N) is 1. The maximum atomic E-state index is 8.70. The van der Waals surface area contributed by atoms with Crippen molar-refractivity contribution < 1.29 is 9.47 Å². The summed E-state index contributed by atoms with van der Waals surface area (Å²) < 4.78 is 11.6. The maximum absolute atomic E-state index is 8.70. The third-order valence-corrected chi connectivity index (χ3v) is 6.72. The van der Waals surface area contributed by atoms with Gasteiger partial charge >= 0.3 is 0 Å². The van der Waals surface area contributed by atoms with Crippen molar-refractivity contribution in [2.45, 2.75) is 45.3 Å². The van der Waals surface area contributed by atoms with E-state index in [1.165, 1.54) is 12.8 Å². The van der Waals surface area contributed by atoms with Gasteiger partial charge in [-0.1, -0.05) is 0 Å². The topological polar surface area (TPSA) is 81.2 Å². The highest BCUT2D eigenvalue weighted by atomic mass is 16.5. The molecule has 4 atom stereocenters. The highest BCUT2D eigenvalue weighted by molar-refractivity contribution is 6.14. The lowest BCUT2D eigenvalue weighted by molar-refractivity contribution is 0.0574. The molecule has 1 aromatic heterocycles. The van der Waals surface area contributed by atoms with Gasteiger partial charge in [0, 0.05) is 34.1 Å². The molecule has 2 saturated carbocycles. The van der Waals surface area contributed by atoms with Gasteiger partial charge in [-0.05, 0) is 75.3 Å². The molecule has 5 heteroatoms. The molecule has 3 N–H and O–H groups in total. The first-order valence-corrected chi connectivity index (χ1v) is 10.2. The molecule has 2 aromatic rings. The molecule has 3 fully saturated rings. The van der Waals surface area contributed by atoms with Crippen LogP contribution in [-0.4, -0.2) is 29.5 Å². The average Bonchev–Trinajstić information content (AvgIpc) is 3.31. The molecule has 5 nitrogen and oxygen atoms in total. The van der Waals surface area contributed by atoms with E-state index in [0.29, 0.717) is 40.3 Å². The number of anilines is 1. The minimum absolute atomic E-state index is 0.0783. The molecule has 5 rings (SSSR count). The summed E-state index contributed by atoms with van der Waals surface area (Å²) in [7, 11) is 0. The van der Waals surface area contributed by atoms with Crippen LogP contribution < -0.4 is 10.5 Å². The Hall–Kier alpha value is -2.40. The molecule has 1 aromatic carbocycles. The molecule has 1 aliphatic heterocycles. The Morgan fingerprint density at radius 3 is 2.93 bits per heavy atom. The van der Waals surface area contributed by atoms with E-state index < -0.39 is 0 Å². The molecule has 146 valence electrons. The minimum Gasteiger partial charge on any atom is -0.491 e. The van der Waals surface area contributed by atoms with Gasteiger partial charge < -0.3 is 15.2 Å². The van der Waals surface area contributed by atoms with E-state index >= 15 is 0 Å². The predicted molar refractivity (Wildman–Crippen MR) is 109 cm³/mol. The van der Waals surface area contributed by atoms with Crippen molar-refractivity contribution in [1.29, 1.82) is 5.41 Å². The van der Waals surface area contributed by atoms with Crippen molar-refractivity contribution in [2.24, 2.45) is 17.3 Å². The summed E-state index contributed by atoms with van der Waals surface area (Å²) in [5.74, 6) is 2.11. The summed E-state index contributed by atoms with van der Waals surface area (Å²) in [5.41, 5.74) is 10.3. The van der Waals surface area contributed by atoms with Crippen LogP contribution in [0.3, 0.4) is 0 Å². The normalized spacial score (nSPS) is 29.8. The van der Waals surface area contributed by atoms with Crippen molar-refractivity contribution in [1.82, 2.24) is 4.98 Å². The van der Waals surface area contributed by atoms with Crippen LogP contribution in [0.2, 0.25) is 0 Å². The van der Waals surface area contributed by atoms with E-state index in [2.05, 4.69) is 4.98 Å². The number of benzene rings is 1. The number of nitrogens with two attached hydrogens (primary N) is 1. The summed E-state index contributed by atoms with van der Waals surface area (Å²) in [5, 5.41) is 8.70. The third kappa shape index (κ3) is 2.80. The fourth-order valence-corrected chi connectivity index (χ4v) is 5.21. The van der Waals surface area contributed by atoms with Crippen LogP contribution in [0.4, 0.5) is 5.69 Å². The predicted octanol–water partition coefficient (Wildman–Crippen LogP) is 3.83. The SMILES string of the molecule is CC(C)Oc1ccc(N)c(C(=N)c2ccnc(CC3CC45CC4OCC35)c2)c1. The zero-order chi connectivity index (χ0) is 19.5. The lowest BCUT2D eigenvalue weighted by Crippen LogP contribution is -2.40. The van der Waals surface area contributed by atoms with Crippen LogP contribution >= 0.6 is 0 Å². The van der Waals surface area contributed by atoms with Crippen LogP contribution in [0, 0.1) is 22.7 Å². The van der Waals surface area contributed by atoms with Crippen molar-refractivity contribution in [2.75, 3.05) is 12.3 Å². The summed E-state index contributed by atoms with van der Waals surface area (Å²) in [6.07, 6.45) is 5.94. The Labute approximate surface area is 165 Å². The molecule has 2 heterocycles. The van der Waals surface area contributed by atoms with Gasteiger partial charge in [-0.2, -0.15) is 0 Å². The molecular formula is C23H27N3O2. The zero-order valence-corrected chi connectivity index (χ0v) is 16.4. The first-order chi connectivity index (χ1) is 13.5. The number of nitrogen functional groups attached to an aromatic ring is 1. The van der Waals surface area contributed by atoms with Gasteiger partial charge in [-0.15, -0.1) is 0 Å². The molecule has 2 aliphatic carbocycles. The van der Waals surface area contributed by atoms with Crippen LogP contribution in [-0.2, 0) is 11.2 Å². The summed E-state index contributed by atoms with van der Waals surface area (Å²) >= 11 is 0. The van der Waals surface area contributed by atoms with Crippen LogP contribution in [0.5, 0.6) is 5.75 Å². The smallest absolute Gasteiger partial charge is 0.120 e. The molecule has 0 amide bonds. The Morgan fingerprint density at radius 2 is 2.18 bits per heavy atom. The Kier molecular flexibility index (Phi) is 3.98. The molecule has 3 aliphatic rings. The van der Waals surface area contributed by atoms with Gasteiger partial charge in [-0.25, -0.2) is 0 Å². The number of pyridine rings is 1. The number of hydrogen-bond acceptors (Lipinski definition) is 5. The highest BCUT2D eigenvalue weighted by Gasteiger charge is 2.72. The van der Waals surface area contributed by atoms with Gasteiger partial charge in [0.15, 0.2) is 0 Å². The monoisotopic (exact) mass is 377 g/mol. The largest absolute Gasteiger partial charge is 0.491 e. The first-order valence-electron chi connectivity index (χ1n) is 10.2. The van der Waals surface area contributed by atoms with Crippen LogP contribution in [0.25, 0.3) is 0 Å². The molecule has 4 unspecified atom stereocenters. The molecule has 1 saturated heterocycles. The number of hydrogen-bond donors (Lipinski definition) is 2. The number of rotatable bonds is 6. The summed E-state index contributed by atoms with van der Waals surface area (Å²) in [6, 6.07) is 9.45. The second kappa shape index (κ2) is 6.31. The van der Waals surface area contributed by atoms with Gasteiger partial charge in [-0.3, -0.25) is 10.4 Å². The third-order valence-electron chi connectivity index (χ3n) is 6.72. The Balaban J connectivity index is 1.34. The zero-order valence-electron chi connectivity index (χ0n) is 16.4. The lowest BCUT2D eigenvalue weighted by atomic mass is 9.61. The van der Waals surface area contributed by atoms with Crippen molar-refractivity contribution in [3.05, 3.63) is 53.3 Å². The average molecular weight is 377 g/mol. The maximum Gasteiger partial charge on any atom is 0.120 e. The van der Waals surface area contributed by atoms with E-state index in [0.717, 1.165) is 30.0 Å². The van der Waals surface area contributed by atoms with Gasteiger partial charge in [0.2, 0.25) is 0 Å². The minimum atomic E-state index is 0.0783. The van der Waals surface area contributed by atoms with Crippen LogP contribution in [0.15, 0.2) is 36.5 Å². The number of aromatic nitrogens is 1. The molecule has 28 heavy (non-hydrogen) atoms. The lowest BCUT2D eigenvalue weighted by Gasteiger charge is -2.42. The number of ether oxygens (including phenoxy) is 2. The molecule has 1 spiro atoms. The van der Waals surface area contributed by atoms with E-state index in [4.69, 9.17) is 20.6 Å². The summed E-state index contributed by atoms with van der Waals surface area (Å²) in [6.45, 7) is 4.89. The van der Waals surface area contributed by atoms with Crippen molar-refractivity contribution >= 4 is 11.4 Å². The van der Waals surface area contributed by atoms with E-state index in [1.807, 2.05) is 50.4 Å². The Morgan fingerprint density at radius 1 is 1.32 bits per heavy atom. The second-order valence-corrected chi connectivity index (χ2v) is 8.86. The second-order valence-electron chi connectivity index (χ2n) is 8.86. The van der Waals surface area contributed by atoms with Gasteiger partial charge in [0.05, 0.1) is 24.5 Å². The first kappa shape index (κ1) is 17.7. The van der Waals surface area contributed by atoms with E-state index in [9.17, 15) is 0 Å². The fraction of sp³-hybridized carbons (Fsp3) is 0.478. The summed E-state index contributed by atoms with van der Waals surface area (Å²) in [4.78, 5) is 4.57. The standard InChI is InChI=1S/C23H27N3O2/c1-13(2)28-17-3-4-20(24)18(9-17)22(25)14-5-6-26-16(7-14)8-15-10-23-11-21(23)27-12-19(15)23/h3-7,9,13,15,19,21,25H,8,10-12,24H2,1-2H3. The highest BCUT2D eigenvalue weighted by Crippen LogP contribution is 2.72. The van der Waals surface area contributed by atoms with Crippen LogP contribution in [0.1, 0.15) is 43.5 Å². The molecular weight excluding hydrogens is 350 g/mol. The number of nitrogens with one attached hydrogen (secondary N) is 1. The fourth-order valence-electron chi connectivity index (χ4n) is 5.21. The van der Waals surface area contributed by atoms with Crippen molar-refractivity contribution in [3.8, 4) is 5.75 Å².